The van der Waals surface area contributed by atoms with Gasteiger partial charge in [0, 0.05) is 19.6 Å². The molecule has 0 radical (unpaired) electrons. The van der Waals surface area contributed by atoms with Gasteiger partial charge in [-0.3, -0.25) is 4.90 Å². The molecular formula is C13H18ClNO3. The molecule has 1 aromatic carbocycles. The van der Waals surface area contributed by atoms with E-state index in [9.17, 15) is 5.11 Å². The molecule has 0 aromatic heterocycles. The summed E-state index contributed by atoms with van der Waals surface area (Å²) in [4.78, 5) is 2.17. The third kappa shape index (κ3) is 4.14. The molecule has 1 heterocycles. The van der Waals surface area contributed by atoms with Crippen LogP contribution in [-0.2, 0) is 4.74 Å². The average molecular weight is 272 g/mol. The summed E-state index contributed by atoms with van der Waals surface area (Å²) in [5, 5.41) is 10.5. The first-order valence-electron chi connectivity index (χ1n) is 6.11. The number of rotatable bonds is 5. The molecule has 0 amide bonds. The lowest BCUT2D eigenvalue weighted by molar-refractivity contribution is 0.00467. The van der Waals surface area contributed by atoms with Gasteiger partial charge in [-0.1, -0.05) is 23.7 Å². The number of nitrogens with zero attached hydrogens (tertiary/aromatic N) is 1. The SMILES string of the molecule is O[C@@H](COc1ccccc1Cl)CN1CCOCC1. The Morgan fingerprint density at radius 1 is 1.33 bits per heavy atom. The highest BCUT2D eigenvalue weighted by atomic mass is 35.5. The van der Waals surface area contributed by atoms with E-state index in [0.717, 1.165) is 26.3 Å². The van der Waals surface area contributed by atoms with Gasteiger partial charge in [-0.15, -0.1) is 0 Å². The van der Waals surface area contributed by atoms with Crippen molar-refractivity contribution in [2.24, 2.45) is 0 Å². The van der Waals surface area contributed by atoms with Crippen molar-refractivity contribution in [3.63, 3.8) is 0 Å². The zero-order valence-corrected chi connectivity index (χ0v) is 11.0. The number of para-hydroxylation sites is 1. The lowest BCUT2D eigenvalue weighted by Crippen LogP contribution is -2.42. The van der Waals surface area contributed by atoms with E-state index in [1.807, 2.05) is 12.1 Å². The van der Waals surface area contributed by atoms with Gasteiger partial charge in [-0.25, -0.2) is 0 Å². The molecular weight excluding hydrogens is 254 g/mol. The zero-order valence-electron chi connectivity index (χ0n) is 10.2. The Morgan fingerprint density at radius 3 is 2.78 bits per heavy atom. The quantitative estimate of drug-likeness (QED) is 0.879. The van der Waals surface area contributed by atoms with Gasteiger partial charge in [-0.2, -0.15) is 0 Å². The van der Waals surface area contributed by atoms with Crippen LogP contribution in [0.1, 0.15) is 0 Å². The van der Waals surface area contributed by atoms with Crippen LogP contribution in [0.5, 0.6) is 5.75 Å². The second-order valence-electron chi connectivity index (χ2n) is 4.31. The Balaban J connectivity index is 1.74. The van der Waals surface area contributed by atoms with Gasteiger partial charge in [0.15, 0.2) is 0 Å². The predicted octanol–water partition coefficient (Wildman–Crippen LogP) is 1.41. The van der Waals surface area contributed by atoms with E-state index in [4.69, 9.17) is 21.1 Å². The summed E-state index contributed by atoms with van der Waals surface area (Å²) in [6.45, 7) is 4.05. The number of hydrogen-bond donors (Lipinski definition) is 1. The second kappa shape index (κ2) is 6.95. The summed E-state index contributed by atoms with van der Waals surface area (Å²) >= 11 is 5.97. The Morgan fingerprint density at radius 2 is 2.06 bits per heavy atom. The fraction of sp³-hybridized carbons (Fsp3) is 0.538. The highest BCUT2D eigenvalue weighted by Gasteiger charge is 2.15. The zero-order chi connectivity index (χ0) is 12.8. The third-order valence-corrected chi connectivity index (χ3v) is 3.15. The van der Waals surface area contributed by atoms with Crippen molar-refractivity contribution in [1.82, 2.24) is 4.90 Å². The number of morpholine rings is 1. The van der Waals surface area contributed by atoms with Crippen LogP contribution < -0.4 is 4.74 Å². The van der Waals surface area contributed by atoms with Crippen LogP contribution in [-0.4, -0.2) is 55.6 Å². The van der Waals surface area contributed by atoms with Gasteiger partial charge in [0.2, 0.25) is 0 Å². The van der Waals surface area contributed by atoms with Crippen molar-refractivity contribution in [3.8, 4) is 5.75 Å². The molecule has 1 aliphatic heterocycles. The third-order valence-electron chi connectivity index (χ3n) is 2.84. The van der Waals surface area contributed by atoms with Crippen molar-refractivity contribution in [1.29, 1.82) is 0 Å². The summed E-state index contributed by atoms with van der Waals surface area (Å²) < 4.78 is 10.8. The molecule has 1 fully saturated rings. The molecule has 0 unspecified atom stereocenters. The number of hydrogen-bond acceptors (Lipinski definition) is 4. The summed E-state index contributed by atoms with van der Waals surface area (Å²) in [5.41, 5.74) is 0. The Labute approximate surface area is 112 Å². The number of benzene rings is 1. The molecule has 1 aromatic rings. The van der Waals surface area contributed by atoms with Crippen LogP contribution in [0.15, 0.2) is 24.3 Å². The number of halogens is 1. The maximum Gasteiger partial charge on any atom is 0.138 e. The molecule has 1 aliphatic rings. The van der Waals surface area contributed by atoms with Gasteiger partial charge in [0.25, 0.3) is 0 Å². The van der Waals surface area contributed by atoms with Crippen LogP contribution in [0.2, 0.25) is 5.02 Å². The minimum atomic E-state index is -0.514. The first kappa shape index (κ1) is 13.6. The van der Waals surface area contributed by atoms with Crippen molar-refractivity contribution in [3.05, 3.63) is 29.3 Å². The average Bonchev–Trinajstić information content (AvgIpc) is 2.39. The molecule has 1 atom stereocenters. The van der Waals surface area contributed by atoms with Crippen molar-refractivity contribution in [2.45, 2.75) is 6.10 Å². The normalized spacial score (nSPS) is 18.6. The molecule has 18 heavy (non-hydrogen) atoms. The largest absolute Gasteiger partial charge is 0.489 e. The summed E-state index contributed by atoms with van der Waals surface area (Å²) in [5.74, 6) is 0.611. The minimum Gasteiger partial charge on any atom is -0.489 e. The van der Waals surface area contributed by atoms with Crippen molar-refractivity contribution in [2.75, 3.05) is 39.5 Å². The molecule has 0 spiro atoms. The number of β-amino-alcohol motifs (C(OH)–C–C–N with tert-alkyl or cyclic N) is 1. The number of ether oxygens (including phenoxy) is 2. The molecule has 0 aliphatic carbocycles. The number of aliphatic hydroxyl groups is 1. The van der Waals surface area contributed by atoms with Gasteiger partial charge in [-0.05, 0) is 12.1 Å². The molecule has 1 N–H and O–H groups in total. The fourth-order valence-electron chi connectivity index (χ4n) is 1.88. The maximum absolute atomic E-state index is 9.90. The topological polar surface area (TPSA) is 41.9 Å². The minimum absolute atomic E-state index is 0.251. The van der Waals surface area contributed by atoms with E-state index in [0.29, 0.717) is 17.3 Å². The number of aliphatic hydroxyl groups excluding tert-OH is 1. The molecule has 100 valence electrons. The molecule has 2 rings (SSSR count). The van der Waals surface area contributed by atoms with Crippen LogP contribution in [0, 0.1) is 0 Å². The Bertz CT molecular complexity index is 369. The molecule has 0 saturated carbocycles. The van der Waals surface area contributed by atoms with Gasteiger partial charge >= 0.3 is 0 Å². The van der Waals surface area contributed by atoms with Gasteiger partial charge < -0.3 is 14.6 Å². The molecule has 5 heteroatoms. The van der Waals surface area contributed by atoms with Crippen LogP contribution >= 0.6 is 11.6 Å². The predicted molar refractivity (Wildman–Crippen MR) is 70.2 cm³/mol. The summed E-state index contributed by atoms with van der Waals surface area (Å²) in [6, 6.07) is 7.27. The second-order valence-corrected chi connectivity index (χ2v) is 4.72. The van der Waals surface area contributed by atoms with Crippen molar-refractivity contribution >= 4 is 11.6 Å². The van der Waals surface area contributed by atoms with E-state index in [1.54, 1.807) is 12.1 Å². The smallest absolute Gasteiger partial charge is 0.138 e. The molecule has 0 bridgehead atoms. The van der Waals surface area contributed by atoms with E-state index >= 15 is 0 Å². The maximum atomic E-state index is 9.90. The Kier molecular flexibility index (Phi) is 5.26. The first-order valence-corrected chi connectivity index (χ1v) is 6.49. The van der Waals surface area contributed by atoms with E-state index in [-0.39, 0.29) is 6.61 Å². The standard InChI is InChI=1S/C13H18ClNO3/c14-12-3-1-2-4-13(12)18-10-11(16)9-15-5-7-17-8-6-15/h1-4,11,16H,5-10H2/t11-/m1/s1. The highest BCUT2D eigenvalue weighted by molar-refractivity contribution is 6.32. The van der Waals surface area contributed by atoms with E-state index in [2.05, 4.69) is 4.90 Å². The monoisotopic (exact) mass is 271 g/mol. The summed E-state index contributed by atoms with van der Waals surface area (Å²) in [6.07, 6.45) is -0.514. The lowest BCUT2D eigenvalue weighted by atomic mass is 10.3. The van der Waals surface area contributed by atoms with E-state index < -0.39 is 6.10 Å². The van der Waals surface area contributed by atoms with Gasteiger partial charge in [0.05, 0.1) is 18.2 Å². The molecule has 1 saturated heterocycles. The highest BCUT2D eigenvalue weighted by Crippen LogP contribution is 2.23. The van der Waals surface area contributed by atoms with Crippen LogP contribution in [0.3, 0.4) is 0 Å². The summed E-state index contributed by atoms with van der Waals surface area (Å²) in [7, 11) is 0. The Hall–Kier alpha value is -0.810. The van der Waals surface area contributed by atoms with Crippen LogP contribution in [0.25, 0.3) is 0 Å². The van der Waals surface area contributed by atoms with Crippen LogP contribution in [0.4, 0.5) is 0 Å². The fourth-order valence-corrected chi connectivity index (χ4v) is 2.07. The first-order chi connectivity index (χ1) is 8.75. The van der Waals surface area contributed by atoms with Gasteiger partial charge in [0.1, 0.15) is 18.5 Å². The van der Waals surface area contributed by atoms with Crippen molar-refractivity contribution < 1.29 is 14.6 Å². The molecule has 4 nitrogen and oxygen atoms in total. The van der Waals surface area contributed by atoms with E-state index in [1.165, 1.54) is 0 Å². The lowest BCUT2D eigenvalue weighted by Gasteiger charge is -2.28.